The van der Waals surface area contributed by atoms with Crippen molar-refractivity contribution in [3.63, 3.8) is 0 Å². The van der Waals surface area contributed by atoms with Crippen molar-refractivity contribution in [1.82, 2.24) is 0 Å². The molecule has 1 saturated carbocycles. The summed E-state index contributed by atoms with van der Waals surface area (Å²) in [6, 6.07) is 0. The van der Waals surface area contributed by atoms with Crippen LogP contribution in [0, 0.1) is 5.92 Å². The lowest BCUT2D eigenvalue weighted by Crippen LogP contribution is -2.43. The Morgan fingerprint density at radius 2 is 1.92 bits per heavy atom. The highest BCUT2D eigenvalue weighted by atomic mass is 19.3. The lowest BCUT2D eigenvalue weighted by Gasteiger charge is -2.24. The van der Waals surface area contributed by atoms with Crippen molar-refractivity contribution in [2.75, 3.05) is 0 Å². The number of alkyl halides is 2. The van der Waals surface area contributed by atoms with Gasteiger partial charge in [0.2, 0.25) is 0 Å². The molecule has 0 radical (unpaired) electrons. The highest BCUT2D eigenvalue weighted by Crippen LogP contribution is 2.31. The number of hydrogen-bond acceptors (Lipinski definition) is 1. The SMILES string of the molecule is CC(N)(CCC1CCCC1)C(F)F. The Morgan fingerprint density at radius 1 is 1.38 bits per heavy atom. The maximum Gasteiger partial charge on any atom is 0.255 e. The summed E-state index contributed by atoms with van der Waals surface area (Å²) in [5.41, 5.74) is 4.21. The Labute approximate surface area is 78.7 Å². The predicted molar refractivity (Wildman–Crippen MR) is 49.8 cm³/mol. The summed E-state index contributed by atoms with van der Waals surface area (Å²) in [5.74, 6) is 0.654. The van der Waals surface area contributed by atoms with E-state index in [1.54, 1.807) is 0 Å². The Hall–Kier alpha value is -0.180. The Morgan fingerprint density at radius 3 is 2.38 bits per heavy atom. The van der Waals surface area contributed by atoms with E-state index in [4.69, 9.17) is 5.73 Å². The molecule has 0 aliphatic heterocycles. The van der Waals surface area contributed by atoms with Gasteiger partial charge in [-0.1, -0.05) is 25.7 Å². The van der Waals surface area contributed by atoms with Gasteiger partial charge in [-0.25, -0.2) is 8.78 Å². The molecule has 78 valence electrons. The van der Waals surface area contributed by atoms with Gasteiger partial charge in [-0.3, -0.25) is 0 Å². The molecule has 1 rings (SSSR count). The van der Waals surface area contributed by atoms with Crippen LogP contribution in [0.5, 0.6) is 0 Å². The normalized spacial score (nSPS) is 23.8. The van der Waals surface area contributed by atoms with Gasteiger partial charge in [-0.15, -0.1) is 0 Å². The molecule has 13 heavy (non-hydrogen) atoms. The van der Waals surface area contributed by atoms with Crippen LogP contribution in [0.25, 0.3) is 0 Å². The quantitative estimate of drug-likeness (QED) is 0.726. The van der Waals surface area contributed by atoms with Gasteiger partial charge >= 0.3 is 0 Å². The summed E-state index contributed by atoms with van der Waals surface area (Å²) in [6.07, 6.45) is 3.88. The Balaban J connectivity index is 2.24. The second-order valence-electron chi connectivity index (χ2n) is 4.50. The van der Waals surface area contributed by atoms with Crippen molar-refractivity contribution in [2.24, 2.45) is 11.7 Å². The molecule has 0 aromatic rings. The molecule has 3 heteroatoms. The van der Waals surface area contributed by atoms with E-state index >= 15 is 0 Å². The zero-order valence-corrected chi connectivity index (χ0v) is 8.23. The van der Waals surface area contributed by atoms with Crippen LogP contribution in [0.3, 0.4) is 0 Å². The summed E-state index contributed by atoms with van der Waals surface area (Å²) in [6.45, 7) is 1.45. The molecule has 0 aromatic heterocycles. The zero-order chi connectivity index (χ0) is 9.90. The van der Waals surface area contributed by atoms with Crippen LogP contribution in [0.4, 0.5) is 8.78 Å². The Kier molecular flexibility index (Phi) is 3.65. The number of halogens is 2. The molecule has 1 nitrogen and oxygen atoms in total. The van der Waals surface area contributed by atoms with Gasteiger partial charge in [0, 0.05) is 0 Å². The molecule has 1 atom stereocenters. The third-order valence-corrected chi connectivity index (χ3v) is 3.06. The second kappa shape index (κ2) is 4.36. The van der Waals surface area contributed by atoms with E-state index in [0.717, 1.165) is 6.42 Å². The van der Waals surface area contributed by atoms with E-state index in [0.29, 0.717) is 12.3 Å². The van der Waals surface area contributed by atoms with Crippen LogP contribution in [-0.2, 0) is 0 Å². The third kappa shape index (κ3) is 3.22. The number of hydrogen-bond donors (Lipinski definition) is 1. The highest BCUT2D eigenvalue weighted by Gasteiger charge is 2.31. The number of rotatable bonds is 4. The first-order valence-corrected chi connectivity index (χ1v) is 5.09. The summed E-state index contributed by atoms with van der Waals surface area (Å²) in [5, 5.41) is 0. The fourth-order valence-electron chi connectivity index (χ4n) is 1.92. The molecular weight excluding hydrogens is 172 g/mol. The average Bonchev–Trinajstić information content (AvgIpc) is 2.52. The fourth-order valence-corrected chi connectivity index (χ4v) is 1.92. The van der Waals surface area contributed by atoms with E-state index in [2.05, 4.69) is 0 Å². The first kappa shape index (κ1) is 10.9. The van der Waals surface area contributed by atoms with Crippen molar-refractivity contribution in [2.45, 2.75) is 57.4 Å². The molecule has 2 N–H and O–H groups in total. The van der Waals surface area contributed by atoms with E-state index < -0.39 is 12.0 Å². The molecule has 1 aliphatic rings. The zero-order valence-electron chi connectivity index (χ0n) is 8.23. The van der Waals surface area contributed by atoms with Crippen molar-refractivity contribution in [3.8, 4) is 0 Å². The van der Waals surface area contributed by atoms with Crippen LogP contribution in [0.15, 0.2) is 0 Å². The maximum absolute atomic E-state index is 12.4. The summed E-state index contributed by atoms with van der Waals surface area (Å²) in [4.78, 5) is 0. The van der Waals surface area contributed by atoms with Gasteiger partial charge in [0.25, 0.3) is 6.43 Å². The molecule has 1 aliphatic carbocycles. The van der Waals surface area contributed by atoms with Crippen molar-refractivity contribution < 1.29 is 8.78 Å². The van der Waals surface area contributed by atoms with Gasteiger partial charge < -0.3 is 5.73 Å². The van der Waals surface area contributed by atoms with Crippen molar-refractivity contribution in [1.29, 1.82) is 0 Å². The van der Waals surface area contributed by atoms with Gasteiger partial charge in [0.1, 0.15) is 0 Å². The topological polar surface area (TPSA) is 26.0 Å². The third-order valence-electron chi connectivity index (χ3n) is 3.06. The monoisotopic (exact) mass is 191 g/mol. The summed E-state index contributed by atoms with van der Waals surface area (Å²) in [7, 11) is 0. The largest absolute Gasteiger partial charge is 0.321 e. The second-order valence-corrected chi connectivity index (χ2v) is 4.50. The lowest BCUT2D eigenvalue weighted by atomic mass is 9.91. The van der Waals surface area contributed by atoms with Gasteiger partial charge in [0.05, 0.1) is 5.54 Å². The standard InChI is InChI=1S/C10H19F2N/c1-10(13,9(11)12)7-6-8-4-2-3-5-8/h8-9H,2-7,13H2,1H3. The lowest BCUT2D eigenvalue weighted by molar-refractivity contribution is 0.0552. The average molecular weight is 191 g/mol. The summed E-state index contributed by atoms with van der Waals surface area (Å²) >= 11 is 0. The smallest absolute Gasteiger partial charge is 0.255 e. The van der Waals surface area contributed by atoms with Crippen molar-refractivity contribution >= 4 is 0 Å². The molecule has 1 unspecified atom stereocenters. The Bertz CT molecular complexity index is 151. The van der Waals surface area contributed by atoms with Gasteiger partial charge in [0.15, 0.2) is 0 Å². The molecule has 0 saturated heterocycles. The predicted octanol–water partition coefficient (Wildman–Crippen LogP) is 2.94. The first-order chi connectivity index (χ1) is 6.02. The fraction of sp³-hybridized carbons (Fsp3) is 1.00. The van der Waals surface area contributed by atoms with E-state index in [9.17, 15) is 8.78 Å². The molecule has 0 spiro atoms. The van der Waals surface area contributed by atoms with Gasteiger partial charge in [-0.05, 0) is 25.7 Å². The van der Waals surface area contributed by atoms with Crippen LogP contribution in [-0.4, -0.2) is 12.0 Å². The van der Waals surface area contributed by atoms with E-state index in [-0.39, 0.29) is 0 Å². The van der Waals surface area contributed by atoms with E-state index in [1.807, 2.05) is 0 Å². The van der Waals surface area contributed by atoms with Crippen LogP contribution in [0.2, 0.25) is 0 Å². The summed E-state index contributed by atoms with van der Waals surface area (Å²) < 4.78 is 24.7. The highest BCUT2D eigenvalue weighted by molar-refractivity contribution is 4.83. The minimum Gasteiger partial charge on any atom is -0.321 e. The minimum absolute atomic E-state index is 0.454. The molecular formula is C10H19F2N. The molecule has 0 heterocycles. The minimum atomic E-state index is -2.39. The van der Waals surface area contributed by atoms with Crippen LogP contribution < -0.4 is 5.73 Å². The van der Waals surface area contributed by atoms with Crippen molar-refractivity contribution in [3.05, 3.63) is 0 Å². The number of nitrogens with two attached hydrogens (primary N) is 1. The molecule has 0 amide bonds. The first-order valence-electron chi connectivity index (χ1n) is 5.09. The maximum atomic E-state index is 12.4. The molecule has 0 bridgehead atoms. The molecule has 0 aromatic carbocycles. The molecule has 1 fully saturated rings. The van der Waals surface area contributed by atoms with Crippen LogP contribution in [0.1, 0.15) is 45.4 Å². The van der Waals surface area contributed by atoms with Gasteiger partial charge in [-0.2, -0.15) is 0 Å². The van der Waals surface area contributed by atoms with Crippen LogP contribution >= 0.6 is 0 Å². The van der Waals surface area contributed by atoms with E-state index in [1.165, 1.54) is 32.6 Å².